The van der Waals surface area contributed by atoms with Crippen molar-refractivity contribution in [2.45, 2.75) is 40.2 Å². The quantitative estimate of drug-likeness (QED) is 0.518. The SMILES string of the molecule is CC(=O)NCCCS(=O)(=O)OC(C(=O)O)C(C)(C)C. The summed E-state index contributed by atoms with van der Waals surface area (Å²) in [5, 5.41) is 11.4. The Morgan fingerprint density at radius 3 is 2.21 bits per heavy atom. The number of carboxylic acids is 1. The number of nitrogens with one attached hydrogen (secondary N) is 1. The van der Waals surface area contributed by atoms with Crippen LogP contribution in [0.3, 0.4) is 0 Å². The summed E-state index contributed by atoms with van der Waals surface area (Å²) in [6.45, 7) is 6.27. The van der Waals surface area contributed by atoms with E-state index < -0.39 is 27.6 Å². The molecule has 0 aliphatic carbocycles. The van der Waals surface area contributed by atoms with Crippen LogP contribution in [0.4, 0.5) is 0 Å². The first-order valence-electron chi connectivity index (χ1n) is 5.84. The summed E-state index contributed by atoms with van der Waals surface area (Å²) in [5.74, 6) is -1.91. The molecular formula is C11H21NO6S. The average Bonchev–Trinajstić information content (AvgIpc) is 2.19. The Balaban J connectivity index is 4.49. The van der Waals surface area contributed by atoms with Crippen LogP contribution in [-0.4, -0.2) is 43.8 Å². The number of hydrogen-bond donors (Lipinski definition) is 2. The minimum absolute atomic E-state index is 0.165. The summed E-state index contributed by atoms with van der Waals surface area (Å²) in [4.78, 5) is 21.6. The van der Waals surface area contributed by atoms with Crippen LogP contribution in [0.15, 0.2) is 0 Å². The molecule has 0 aromatic carbocycles. The second-order valence-corrected chi connectivity index (χ2v) is 6.99. The van der Waals surface area contributed by atoms with Gasteiger partial charge in [-0.15, -0.1) is 0 Å². The molecule has 0 spiro atoms. The topological polar surface area (TPSA) is 110 Å². The fourth-order valence-electron chi connectivity index (χ4n) is 1.26. The Morgan fingerprint density at radius 1 is 1.32 bits per heavy atom. The van der Waals surface area contributed by atoms with E-state index in [1.807, 2.05) is 0 Å². The molecule has 0 saturated heterocycles. The summed E-state index contributed by atoms with van der Waals surface area (Å²) in [5.41, 5.74) is -0.837. The number of carbonyl (C=O) groups is 2. The summed E-state index contributed by atoms with van der Waals surface area (Å²) >= 11 is 0. The number of hydrogen-bond acceptors (Lipinski definition) is 5. The Kier molecular flexibility index (Phi) is 6.44. The van der Waals surface area contributed by atoms with Gasteiger partial charge < -0.3 is 10.4 Å². The fourth-order valence-corrected chi connectivity index (χ4v) is 2.52. The first-order chi connectivity index (χ1) is 8.46. The van der Waals surface area contributed by atoms with Crippen molar-refractivity contribution in [3.8, 4) is 0 Å². The predicted octanol–water partition coefficient (Wildman–Crippen LogP) is 0.358. The van der Waals surface area contributed by atoms with Crippen molar-refractivity contribution in [3.05, 3.63) is 0 Å². The Bertz CT molecular complexity index is 423. The van der Waals surface area contributed by atoms with Gasteiger partial charge in [-0.05, 0) is 6.42 Å². The van der Waals surface area contributed by atoms with E-state index in [1.54, 1.807) is 20.8 Å². The van der Waals surface area contributed by atoms with Gasteiger partial charge >= 0.3 is 5.97 Å². The third-order valence-electron chi connectivity index (χ3n) is 2.20. The van der Waals surface area contributed by atoms with E-state index >= 15 is 0 Å². The molecule has 0 heterocycles. The van der Waals surface area contributed by atoms with Crippen LogP contribution >= 0.6 is 0 Å². The zero-order valence-corrected chi connectivity index (χ0v) is 12.4. The van der Waals surface area contributed by atoms with Crippen LogP contribution in [0.1, 0.15) is 34.1 Å². The van der Waals surface area contributed by atoms with Gasteiger partial charge in [0.25, 0.3) is 10.1 Å². The molecule has 0 aromatic rings. The zero-order valence-electron chi connectivity index (χ0n) is 11.6. The average molecular weight is 295 g/mol. The van der Waals surface area contributed by atoms with Crippen molar-refractivity contribution in [3.63, 3.8) is 0 Å². The van der Waals surface area contributed by atoms with E-state index in [2.05, 4.69) is 5.32 Å². The zero-order chi connectivity index (χ0) is 15.3. The van der Waals surface area contributed by atoms with E-state index in [0.717, 1.165) is 0 Å². The van der Waals surface area contributed by atoms with Gasteiger partial charge in [0.15, 0.2) is 6.10 Å². The highest BCUT2D eigenvalue weighted by molar-refractivity contribution is 7.86. The van der Waals surface area contributed by atoms with Crippen LogP contribution in [-0.2, 0) is 23.9 Å². The summed E-state index contributed by atoms with van der Waals surface area (Å²) < 4.78 is 28.0. The number of rotatable bonds is 7. The van der Waals surface area contributed by atoms with Gasteiger partial charge in [-0.2, -0.15) is 8.42 Å². The molecule has 1 amide bonds. The molecule has 0 aromatic heterocycles. The highest BCUT2D eigenvalue weighted by Gasteiger charge is 2.36. The number of carboxylic acid groups (broad SMARTS) is 1. The van der Waals surface area contributed by atoms with Crippen LogP contribution in [0.5, 0.6) is 0 Å². The molecule has 0 rings (SSSR count). The molecule has 112 valence electrons. The summed E-state index contributed by atoms with van der Waals surface area (Å²) in [6.07, 6.45) is -1.27. The Labute approximate surface area is 113 Å². The van der Waals surface area contributed by atoms with E-state index in [1.165, 1.54) is 6.92 Å². The molecule has 0 bridgehead atoms. The molecule has 0 fully saturated rings. The van der Waals surface area contributed by atoms with Crippen molar-refractivity contribution in [2.24, 2.45) is 5.41 Å². The van der Waals surface area contributed by atoms with Crippen LogP contribution in [0.25, 0.3) is 0 Å². The molecular weight excluding hydrogens is 274 g/mol. The van der Waals surface area contributed by atoms with Gasteiger partial charge in [-0.25, -0.2) is 4.79 Å². The lowest BCUT2D eigenvalue weighted by molar-refractivity contribution is -0.149. The summed E-state index contributed by atoms with van der Waals surface area (Å²) in [7, 11) is -3.94. The predicted molar refractivity (Wildman–Crippen MR) is 69.1 cm³/mol. The number of aliphatic carboxylic acids is 1. The lowest BCUT2D eigenvalue weighted by atomic mass is 9.89. The van der Waals surface area contributed by atoms with E-state index in [-0.39, 0.29) is 24.6 Å². The van der Waals surface area contributed by atoms with Crippen molar-refractivity contribution in [1.82, 2.24) is 5.32 Å². The minimum atomic E-state index is -3.94. The molecule has 7 nitrogen and oxygen atoms in total. The minimum Gasteiger partial charge on any atom is -0.479 e. The van der Waals surface area contributed by atoms with Gasteiger partial charge in [-0.1, -0.05) is 20.8 Å². The Hall–Kier alpha value is -1.15. The number of amides is 1. The van der Waals surface area contributed by atoms with Crippen LogP contribution in [0, 0.1) is 5.41 Å². The standard InChI is InChI=1S/C11H21NO6S/c1-8(13)12-6-5-7-19(16,17)18-9(10(14)15)11(2,3)4/h9H,5-7H2,1-4H3,(H,12,13)(H,14,15). The molecule has 0 radical (unpaired) electrons. The van der Waals surface area contributed by atoms with Crippen molar-refractivity contribution in [2.75, 3.05) is 12.3 Å². The van der Waals surface area contributed by atoms with E-state index in [9.17, 15) is 18.0 Å². The first kappa shape index (κ1) is 17.8. The van der Waals surface area contributed by atoms with Gasteiger partial charge in [0.1, 0.15) is 0 Å². The second-order valence-electron chi connectivity index (χ2n) is 5.28. The normalized spacial score (nSPS) is 13.9. The molecule has 0 aliphatic rings. The van der Waals surface area contributed by atoms with Gasteiger partial charge in [-0.3, -0.25) is 8.98 Å². The molecule has 8 heteroatoms. The molecule has 0 aliphatic heterocycles. The lowest BCUT2D eigenvalue weighted by Gasteiger charge is -2.26. The molecule has 19 heavy (non-hydrogen) atoms. The smallest absolute Gasteiger partial charge is 0.334 e. The third kappa shape index (κ3) is 7.78. The summed E-state index contributed by atoms with van der Waals surface area (Å²) in [6, 6.07) is 0. The maximum Gasteiger partial charge on any atom is 0.334 e. The largest absolute Gasteiger partial charge is 0.479 e. The van der Waals surface area contributed by atoms with Gasteiger partial charge in [0.05, 0.1) is 5.75 Å². The fraction of sp³-hybridized carbons (Fsp3) is 0.818. The maximum atomic E-state index is 11.6. The molecule has 2 N–H and O–H groups in total. The van der Waals surface area contributed by atoms with Crippen molar-refractivity contribution < 1.29 is 27.3 Å². The van der Waals surface area contributed by atoms with Crippen molar-refractivity contribution >= 4 is 22.0 Å². The Morgan fingerprint density at radius 2 is 1.84 bits per heavy atom. The lowest BCUT2D eigenvalue weighted by Crippen LogP contribution is -2.39. The maximum absolute atomic E-state index is 11.6. The first-order valence-corrected chi connectivity index (χ1v) is 7.41. The molecule has 0 saturated carbocycles. The molecule has 1 atom stereocenters. The highest BCUT2D eigenvalue weighted by Crippen LogP contribution is 2.24. The van der Waals surface area contributed by atoms with Crippen LogP contribution < -0.4 is 5.32 Å². The molecule has 1 unspecified atom stereocenters. The van der Waals surface area contributed by atoms with E-state index in [0.29, 0.717) is 0 Å². The van der Waals surface area contributed by atoms with E-state index in [4.69, 9.17) is 9.29 Å². The van der Waals surface area contributed by atoms with Gasteiger partial charge in [0.2, 0.25) is 5.91 Å². The number of carbonyl (C=O) groups excluding carboxylic acids is 1. The third-order valence-corrected chi connectivity index (χ3v) is 3.47. The second kappa shape index (κ2) is 6.85. The highest BCUT2D eigenvalue weighted by atomic mass is 32.2. The monoisotopic (exact) mass is 295 g/mol. The van der Waals surface area contributed by atoms with Crippen LogP contribution in [0.2, 0.25) is 0 Å². The van der Waals surface area contributed by atoms with Gasteiger partial charge in [0, 0.05) is 18.9 Å². The van der Waals surface area contributed by atoms with Crippen molar-refractivity contribution in [1.29, 1.82) is 0 Å².